The van der Waals surface area contributed by atoms with E-state index in [0.29, 0.717) is 10.7 Å². The molecule has 0 saturated heterocycles. The van der Waals surface area contributed by atoms with Gasteiger partial charge in [-0.05, 0) is 18.2 Å². The largest absolute Gasteiger partial charge is 0.442 e. The molecule has 1 unspecified atom stereocenters. The summed E-state index contributed by atoms with van der Waals surface area (Å²) in [5.41, 5.74) is -0.0232. The second-order valence-electron chi connectivity index (χ2n) is 5.87. The second kappa shape index (κ2) is 8.29. The number of aromatic nitrogens is 2. The van der Waals surface area contributed by atoms with E-state index in [4.69, 9.17) is 39.2 Å². The van der Waals surface area contributed by atoms with Crippen LogP contribution in [0.25, 0.3) is 17.1 Å². The maximum Gasteiger partial charge on any atom is 0.442 e. The van der Waals surface area contributed by atoms with Crippen LogP contribution in [0.15, 0.2) is 45.6 Å². The lowest BCUT2D eigenvalue weighted by Crippen LogP contribution is -2.45. The summed E-state index contributed by atoms with van der Waals surface area (Å²) in [7, 11) is 0. The van der Waals surface area contributed by atoms with E-state index >= 15 is 0 Å². The third-order valence-corrected chi connectivity index (χ3v) is 4.64. The predicted octanol–water partition coefficient (Wildman–Crippen LogP) is 6.32. The fraction of sp³-hybridized carbons (Fsp3) is 0.176. The van der Waals surface area contributed by atoms with Gasteiger partial charge < -0.3 is 9.15 Å². The number of halogens is 9. The highest BCUT2D eigenvalue weighted by Crippen LogP contribution is 2.40. The van der Waals surface area contributed by atoms with Crippen LogP contribution in [0.1, 0.15) is 0 Å². The number of hydrogen-bond acceptors (Lipinski definition) is 4. The summed E-state index contributed by atoms with van der Waals surface area (Å²) in [5, 5.41) is 2.90. The molecule has 0 N–H and O–H groups in total. The molecular formula is C17H7Cl3F6N2O3. The SMILES string of the molecule is O=c1oc(-c2ccccc2Cl)nn1-c1cc(Cl)c(OC(F)(F)C(F)C(F)(F)F)cc1Cl. The Morgan fingerprint density at radius 1 is 1.00 bits per heavy atom. The zero-order chi connectivity index (χ0) is 23.1. The Labute approximate surface area is 183 Å². The van der Waals surface area contributed by atoms with Gasteiger partial charge in [0.25, 0.3) is 12.1 Å². The molecule has 31 heavy (non-hydrogen) atoms. The van der Waals surface area contributed by atoms with Crippen molar-refractivity contribution >= 4 is 34.8 Å². The summed E-state index contributed by atoms with van der Waals surface area (Å²) in [6, 6.07) is 7.59. The van der Waals surface area contributed by atoms with E-state index in [2.05, 4.69) is 9.84 Å². The van der Waals surface area contributed by atoms with Gasteiger partial charge in [-0.25, -0.2) is 9.18 Å². The molecule has 0 amide bonds. The van der Waals surface area contributed by atoms with Gasteiger partial charge in [-0.3, -0.25) is 0 Å². The molecule has 5 nitrogen and oxygen atoms in total. The molecular weight excluding hydrogens is 501 g/mol. The number of benzene rings is 2. The van der Waals surface area contributed by atoms with Gasteiger partial charge in [0.2, 0.25) is 0 Å². The molecule has 0 radical (unpaired) electrons. The second-order valence-corrected chi connectivity index (χ2v) is 7.09. The van der Waals surface area contributed by atoms with Crippen LogP contribution in [-0.4, -0.2) is 28.2 Å². The number of hydrogen-bond donors (Lipinski definition) is 0. The summed E-state index contributed by atoms with van der Waals surface area (Å²) >= 11 is 17.7. The summed E-state index contributed by atoms with van der Waals surface area (Å²) in [6.45, 7) is 0. The Kier molecular flexibility index (Phi) is 6.23. The molecule has 0 aliphatic carbocycles. The van der Waals surface area contributed by atoms with Gasteiger partial charge in [-0.2, -0.15) is 26.6 Å². The minimum Gasteiger partial charge on any atom is -0.428 e. The van der Waals surface area contributed by atoms with Gasteiger partial charge in [0, 0.05) is 6.07 Å². The van der Waals surface area contributed by atoms with Crippen LogP contribution >= 0.6 is 34.8 Å². The van der Waals surface area contributed by atoms with Gasteiger partial charge in [0.15, 0.2) is 0 Å². The Morgan fingerprint density at radius 3 is 2.26 bits per heavy atom. The summed E-state index contributed by atoms with van der Waals surface area (Å²) in [4.78, 5) is 12.2. The molecule has 0 bridgehead atoms. The Bertz CT molecular complexity index is 1180. The third kappa shape index (κ3) is 4.78. The van der Waals surface area contributed by atoms with Crippen molar-refractivity contribution in [1.29, 1.82) is 0 Å². The Morgan fingerprint density at radius 2 is 1.65 bits per heavy atom. The average Bonchev–Trinajstić information content (AvgIpc) is 3.04. The molecule has 1 aromatic heterocycles. The Hall–Kier alpha value is -2.37. The molecule has 0 fully saturated rings. The van der Waals surface area contributed by atoms with Crippen LogP contribution in [0.3, 0.4) is 0 Å². The number of nitrogens with zero attached hydrogens (tertiary/aromatic N) is 2. The minimum atomic E-state index is -5.89. The minimum absolute atomic E-state index is 0.205. The number of ether oxygens (including phenoxy) is 1. The van der Waals surface area contributed by atoms with Gasteiger partial charge in [0.05, 0.1) is 26.3 Å². The van der Waals surface area contributed by atoms with Crippen molar-refractivity contribution in [2.24, 2.45) is 0 Å². The van der Waals surface area contributed by atoms with Crippen LogP contribution in [-0.2, 0) is 0 Å². The monoisotopic (exact) mass is 506 g/mol. The molecule has 1 heterocycles. The standard InChI is InChI=1S/C17H7Cl3F6N2O3/c18-8-4-2-1-3-7(8)13-27-28(15(29)30-13)11-5-10(20)12(6-9(11)19)31-17(25,26)14(21)16(22,23)24/h1-6,14H. The summed E-state index contributed by atoms with van der Waals surface area (Å²) in [5.74, 6) is -2.33. The van der Waals surface area contributed by atoms with Crippen molar-refractivity contribution in [3.05, 3.63) is 62.0 Å². The van der Waals surface area contributed by atoms with E-state index in [1.807, 2.05) is 0 Å². The lowest BCUT2D eigenvalue weighted by atomic mass is 10.2. The van der Waals surface area contributed by atoms with E-state index in [9.17, 15) is 31.1 Å². The van der Waals surface area contributed by atoms with Gasteiger partial charge in [-0.1, -0.05) is 46.9 Å². The maximum absolute atomic E-state index is 13.5. The fourth-order valence-corrected chi connectivity index (χ4v) is 2.97. The van der Waals surface area contributed by atoms with Crippen molar-refractivity contribution in [1.82, 2.24) is 9.78 Å². The van der Waals surface area contributed by atoms with Crippen LogP contribution in [0.4, 0.5) is 26.3 Å². The van der Waals surface area contributed by atoms with Crippen LogP contribution in [0, 0.1) is 0 Å². The normalized spacial score (nSPS) is 13.3. The summed E-state index contributed by atoms with van der Waals surface area (Å²) < 4.78 is 86.3. The van der Waals surface area contributed by atoms with Crippen molar-refractivity contribution in [3.63, 3.8) is 0 Å². The van der Waals surface area contributed by atoms with E-state index in [-0.39, 0.29) is 22.2 Å². The lowest BCUT2D eigenvalue weighted by molar-refractivity contribution is -0.304. The van der Waals surface area contributed by atoms with Gasteiger partial charge >= 0.3 is 18.0 Å². The number of alkyl halides is 6. The molecule has 2 aromatic carbocycles. The predicted molar refractivity (Wildman–Crippen MR) is 99.1 cm³/mol. The summed E-state index contributed by atoms with van der Waals surface area (Å²) in [6.07, 6.45) is -15.8. The molecule has 1 atom stereocenters. The van der Waals surface area contributed by atoms with E-state index in [1.54, 1.807) is 12.1 Å². The van der Waals surface area contributed by atoms with Crippen molar-refractivity contribution in [3.8, 4) is 22.9 Å². The van der Waals surface area contributed by atoms with Gasteiger partial charge in [-0.15, -0.1) is 5.10 Å². The van der Waals surface area contributed by atoms with E-state index in [1.165, 1.54) is 12.1 Å². The first-order chi connectivity index (χ1) is 14.3. The Balaban J connectivity index is 1.99. The molecule has 3 rings (SSSR count). The molecule has 166 valence electrons. The highest BCUT2D eigenvalue weighted by Gasteiger charge is 2.59. The smallest absolute Gasteiger partial charge is 0.428 e. The first-order valence-electron chi connectivity index (χ1n) is 7.93. The molecule has 3 aromatic rings. The van der Waals surface area contributed by atoms with E-state index in [0.717, 1.165) is 6.07 Å². The molecule has 14 heteroatoms. The maximum atomic E-state index is 13.5. The van der Waals surface area contributed by atoms with E-state index < -0.39 is 40.0 Å². The third-order valence-electron chi connectivity index (χ3n) is 3.71. The van der Waals surface area contributed by atoms with Crippen molar-refractivity contribution in [2.75, 3.05) is 0 Å². The highest BCUT2D eigenvalue weighted by molar-refractivity contribution is 6.35. The van der Waals surface area contributed by atoms with Crippen LogP contribution in [0.5, 0.6) is 5.75 Å². The quantitative estimate of drug-likeness (QED) is 0.379. The van der Waals surface area contributed by atoms with Gasteiger partial charge in [0.1, 0.15) is 5.75 Å². The lowest BCUT2D eigenvalue weighted by Gasteiger charge is -2.23. The van der Waals surface area contributed by atoms with Crippen LogP contribution in [0.2, 0.25) is 15.1 Å². The number of rotatable bonds is 5. The molecule has 0 aliphatic rings. The zero-order valence-electron chi connectivity index (χ0n) is 14.6. The average molecular weight is 508 g/mol. The molecule has 0 spiro atoms. The first kappa shape index (κ1) is 23.3. The molecule has 0 aliphatic heterocycles. The molecule has 0 saturated carbocycles. The first-order valence-corrected chi connectivity index (χ1v) is 9.06. The van der Waals surface area contributed by atoms with Crippen molar-refractivity contribution in [2.45, 2.75) is 18.5 Å². The fourth-order valence-electron chi connectivity index (χ4n) is 2.32. The zero-order valence-corrected chi connectivity index (χ0v) is 16.8. The van der Waals surface area contributed by atoms with Crippen LogP contribution < -0.4 is 10.5 Å². The van der Waals surface area contributed by atoms with Crippen molar-refractivity contribution < 1.29 is 35.5 Å². The highest BCUT2D eigenvalue weighted by atomic mass is 35.5. The topological polar surface area (TPSA) is 57.3 Å².